The molecule has 102 valence electrons. The number of benzene rings is 1. The largest absolute Gasteiger partial charge is 0.387 e. The molecule has 0 bridgehead atoms. The molecule has 3 rings (SSSR count). The summed E-state index contributed by atoms with van der Waals surface area (Å²) in [6.45, 7) is 3.49. The Morgan fingerprint density at radius 3 is 2.53 bits per heavy atom. The second-order valence-electron chi connectivity index (χ2n) is 5.25. The molecule has 0 radical (unpaired) electrons. The Bertz CT molecular complexity index is 484. The molecule has 1 aromatic rings. The van der Waals surface area contributed by atoms with Crippen molar-refractivity contribution in [2.75, 3.05) is 0 Å². The van der Waals surface area contributed by atoms with Gasteiger partial charge in [0.05, 0.1) is 0 Å². The third kappa shape index (κ3) is 2.19. The number of carbonyl (C=O) groups is 1. The first-order valence-corrected chi connectivity index (χ1v) is 6.26. The summed E-state index contributed by atoms with van der Waals surface area (Å²) in [5.41, 5.74) is 0.505. The first-order chi connectivity index (χ1) is 8.98. The van der Waals surface area contributed by atoms with Crippen molar-refractivity contribution < 1.29 is 24.1 Å². The van der Waals surface area contributed by atoms with E-state index in [4.69, 9.17) is 14.2 Å². The molecule has 2 saturated heterocycles. The molecule has 1 aromatic carbocycles. The van der Waals surface area contributed by atoms with Gasteiger partial charge in [-0.05, 0) is 13.8 Å². The zero-order valence-electron chi connectivity index (χ0n) is 10.8. The van der Waals surface area contributed by atoms with Crippen molar-refractivity contribution in [3.8, 4) is 0 Å². The average molecular weight is 264 g/mol. The minimum Gasteiger partial charge on any atom is -0.387 e. The fraction of sp³-hybridized carbons (Fsp3) is 0.500. The predicted octanol–water partition coefficient (Wildman–Crippen LogP) is 1.11. The maximum absolute atomic E-state index is 12.3. The summed E-state index contributed by atoms with van der Waals surface area (Å²) in [5, 5.41) is 10.2. The lowest BCUT2D eigenvalue weighted by atomic mass is 10.0. The number of ketones is 1. The first-order valence-electron chi connectivity index (χ1n) is 6.26. The molecule has 5 nitrogen and oxygen atoms in total. The monoisotopic (exact) mass is 264 g/mol. The molecule has 0 unspecified atom stereocenters. The lowest BCUT2D eigenvalue weighted by Gasteiger charge is -2.22. The van der Waals surface area contributed by atoms with Crippen LogP contribution in [0.2, 0.25) is 0 Å². The van der Waals surface area contributed by atoms with Crippen LogP contribution in [0.1, 0.15) is 24.2 Å². The van der Waals surface area contributed by atoms with Gasteiger partial charge in [-0.2, -0.15) is 0 Å². The van der Waals surface area contributed by atoms with E-state index in [0.29, 0.717) is 5.56 Å². The number of rotatable bonds is 2. The molecule has 2 heterocycles. The second-order valence-corrected chi connectivity index (χ2v) is 5.25. The van der Waals surface area contributed by atoms with Gasteiger partial charge < -0.3 is 19.3 Å². The van der Waals surface area contributed by atoms with Crippen LogP contribution in [-0.2, 0) is 14.2 Å². The molecule has 2 aliphatic rings. The summed E-state index contributed by atoms with van der Waals surface area (Å²) in [7, 11) is 0. The summed E-state index contributed by atoms with van der Waals surface area (Å²) in [4.78, 5) is 12.3. The van der Waals surface area contributed by atoms with Crippen LogP contribution < -0.4 is 0 Å². The van der Waals surface area contributed by atoms with Gasteiger partial charge in [0.2, 0.25) is 0 Å². The third-order valence-electron chi connectivity index (χ3n) is 3.33. The van der Waals surface area contributed by atoms with E-state index < -0.39 is 30.4 Å². The van der Waals surface area contributed by atoms with Gasteiger partial charge in [0.15, 0.2) is 24.0 Å². The van der Waals surface area contributed by atoms with Crippen LogP contribution in [0.3, 0.4) is 0 Å². The summed E-state index contributed by atoms with van der Waals surface area (Å²) >= 11 is 0. The summed E-state index contributed by atoms with van der Waals surface area (Å²) in [6.07, 6.45) is -3.26. The molecule has 4 atom stereocenters. The molecular formula is C14H16O5. The molecule has 0 aliphatic carbocycles. The zero-order chi connectivity index (χ0) is 13.6. The van der Waals surface area contributed by atoms with Crippen LogP contribution in [0.4, 0.5) is 0 Å². The number of aliphatic hydroxyl groups is 1. The molecule has 0 saturated carbocycles. The van der Waals surface area contributed by atoms with E-state index in [1.54, 1.807) is 38.1 Å². The van der Waals surface area contributed by atoms with Crippen molar-refractivity contribution in [2.24, 2.45) is 0 Å². The van der Waals surface area contributed by atoms with Crippen molar-refractivity contribution in [2.45, 2.75) is 44.2 Å². The van der Waals surface area contributed by atoms with Crippen molar-refractivity contribution in [3.63, 3.8) is 0 Å². The van der Waals surface area contributed by atoms with E-state index in [0.717, 1.165) is 0 Å². The lowest BCUT2D eigenvalue weighted by molar-refractivity contribution is -0.208. The normalized spacial score (nSPS) is 36.2. The standard InChI is InChI=1S/C14H16O5/c1-14(2)18-12-10(16)11(17-13(12)19-14)9(15)8-6-4-3-5-7-8/h3-7,10-13,16H,1-2H3/t10-,11+,12+,13+/m0/s1. The number of aliphatic hydroxyl groups excluding tert-OH is 1. The minimum atomic E-state index is -1.01. The van der Waals surface area contributed by atoms with Gasteiger partial charge in [-0.3, -0.25) is 4.79 Å². The summed E-state index contributed by atoms with van der Waals surface area (Å²) in [6, 6.07) is 8.75. The number of Topliss-reactive ketones (excluding diaryl/α,β-unsaturated/α-hetero) is 1. The number of ether oxygens (including phenoxy) is 3. The van der Waals surface area contributed by atoms with E-state index >= 15 is 0 Å². The van der Waals surface area contributed by atoms with Gasteiger partial charge in [0.25, 0.3) is 0 Å². The van der Waals surface area contributed by atoms with Crippen LogP contribution in [0.25, 0.3) is 0 Å². The Morgan fingerprint density at radius 1 is 1.21 bits per heavy atom. The molecule has 1 N–H and O–H groups in total. The molecule has 5 heteroatoms. The Labute approximate surface area is 111 Å². The van der Waals surface area contributed by atoms with Gasteiger partial charge >= 0.3 is 0 Å². The maximum atomic E-state index is 12.3. The zero-order valence-corrected chi connectivity index (χ0v) is 10.8. The van der Waals surface area contributed by atoms with Crippen LogP contribution in [-0.4, -0.2) is 41.3 Å². The Kier molecular flexibility index (Phi) is 2.94. The number of hydrogen-bond donors (Lipinski definition) is 1. The number of carbonyl (C=O) groups excluding carboxylic acids is 1. The highest BCUT2D eigenvalue weighted by Crippen LogP contribution is 2.38. The summed E-state index contributed by atoms with van der Waals surface area (Å²) in [5.74, 6) is -1.05. The van der Waals surface area contributed by atoms with Gasteiger partial charge in [-0.1, -0.05) is 30.3 Å². The van der Waals surface area contributed by atoms with Crippen molar-refractivity contribution in [1.82, 2.24) is 0 Å². The number of fused-ring (bicyclic) bond motifs is 1. The van der Waals surface area contributed by atoms with E-state index in [-0.39, 0.29) is 5.78 Å². The summed E-state index contributed by atoms with van der Waals surface area (Å²) < 4.78 is 16.6. The van der Waals surface area contributed by atoms with Crippen LogP contribution in [0.15, 0.2) is 30.3 Å². The smallest absolute Gasteiger partial charge is 0.194 e. The highest BCUT2D eigenvalue weighted by atomic mass is 16.8. The van der Waals surface area contributed by atoms with E-state index in [1.807, 2.05) is 6.07 Å². The average Bonchev–Trinajstić information content (AvgIpc) is 2.84. The molecule has 0 amide bonds. The molecule has 19 heavy (non-hydrogen) atoms. The van der Waals surface area contributed by atoms with E-state index in [9.17, 15) is 9.90 Å². The van der Waals surface area contributed by atoms with Gasteiger partial charge in [-0.15, -0.1) is 0 Å². The quantitative estimate of drug-likeness (QED) is 0.810. The van der Waals surface area contributed by atoms with Gasteiger partial charge in [0, 0.05) is 5.56 Å². The fourth-order valence-corrected chi connectivity index (χ4v) is 2.47. The van der Waals surface area contributed by atoms with Crippen molar-refractivity contribution >= 4 is 5.78 Å². The highest BCUT2D eigenvalue weighted by molar-refractivity contribution is 6.00. The van der Waals surface area contributed by atoms with Crippen LogP contribution >= 0.6 is 0 Å². The topological polar surface area (TPSA) is 65.0 Å². The molecule has 2 fully saturated rings. The molecule has 2 aliphatic heterocycles. The van der Waals surface area contributed by atoms with Crippen LogP contribution in [0.5, 0.6) is 0 Å². The SMILES string of the molecule is CC1(C)O[C@H]2O[C@H](C(=O)c3ccccc3)[C@H](O)[C@H]2O1. The first kappa shape index (κ1) is 12.7. The van der Waals surface area contributed by atoms with E-state index in [1.165, 1.54) is 0 Å². The number of hydrogen-bond acceptors (Lipinski definition) is 5. The Balaban J connectivity index is 1.77. The minimum absolute atomic E-state index is 0.257. The second kappa shape index (κ2) is 4.38. The molecule has 0 aromatic heterocycles. The fourth-order valence-electron chi connectivity index (χ4n) is 2.47. The predicted molar refractivity (Wildman–Crippen MR) is 65.5 cm³/mol. The Hall–Kier alpha value is -1.27. The molecular weight excluding hydrogens is 248 g/mol. The Morgan fingerprint density at radius 2 is 1.89 bits per heavy atom. The van der Waals surface area contributed by atoms with Crippen LogP contribution in [0, 0.1) is 0 Å². The van der Waals surface area contributed by atoms with Gasteiger partial charge in [-0.25, -0.2) is 0 Å². The molecule has 0 spiro atoms. The third-order valence-corrected chi connectivity index (χ3v) is 3.33. The highest BCUT2D eigenvalue weighted by Gasteiger charge is 2.56. The van der Waals surface area contributed by atoms with Crippen molar-refractivity contribution in [1.29, 1.82) is 0 Å². The van der Waals surface area contributed by atoms with Gasteiger partial charge in [0.1, 0.15) is 12.2 Å². The maximum Gasteiger partial charge on any atom is 0.194 e. The van der Waals surface area contributed by atoms with E-state index in [2.05, 4.69) is 0 Å². The lowest BCUT2D eigenvalue weighted by Crippen LogP contribution is -2.38. The van der Waals surface area contributed by atoms with Crippen molar-refractivity contribution in [3.05, 3.63) is 35.9 Å².